The number of esters is 1. The van der Waals surface area contributed by atoms with Gasteiger partial charge in [0, 0.05) is 6.08 Å². The Morgan fingerprint density at radius 2 is 1.74 bits per heavy atom. The smallest absolute Gasteiger partial charge is 0.331 e. The number of carbonyl (C=O) groups is 1. The van der Waals surface area contributed by atoms with Crippen LogP contribution in [0.2, 0.25) is 0 Å². The molecule has 5 N–H and O–H groups in total. The van der Waals surface area contributed by atoms with E-state index in [4.69, 9.17) is 24.1 Å². The number of carbonyl (C=O) groups excluding carboxylic acids is 1. The van der Waals surface area contributed by atoms with Crippen molar-refractivity contribution in [3.63, 3.8) is 0 Å². The van der Waals surface area contributed by atoms with Gasteiger partial charge in [-0.2, -0.15) is 0 Å². The van der Waals surface area contributed by atoms with Crippen LogP contribution in [0.5, 0.6) is 17.2 Å². The highest BCUT2D eigenvalue weighted by molar-refractivity contribution is 5.87. The molecule has 0 saturated carbocycles. The minimum absolute atomic E-state index is 0.131. The minimum atomic E-state index is -1.72. The SMILES string of the molecule is COc1cc(/C=C/C(=O)O[C@@H]2[C@@H](O)[C@@H](O)O[C@H](CO)[C@H]2O)cc(OC)c1O. The maximum Gasteiger partial charge on any atom is 0.331 e. The third-order valence-electron chi connectivity index (χ3n) is 4.01. The molecule has 1 heterocycles. The van der Waals surface area contributed by atoms with E-state index >= 15 is 0 Å². The van der Waals surface area contributed by atoms with E-state index in [1.54, 1.807) is 0 Å². The first-order valence-electron chi connectivity index (χ1n) is 7.96. The Morgan fingerprint density at radius 3 is 2.26 bits per heavy atom. The third-order valence-corrected chi connectivity index (χ3v) is 4.01. The van der Waals surface area contributed by atoms with Gasteiger partial charge in [-0.15, -0.1) is 0 Å². The van der Waals surface area contributed by atoms with Crippen LogP contribution < -0.4 is 9.47 Å². The molecular formula is C17H22O10. The quantitative estimate of drug-likeness (QED) is 0.296. The van der Waals surface area contributed by atoms with Gasteiger partial charge in [-0.05, 0) is 23.8 Å². The molecule has 0 aromatic heterocycles. The molecule has 1 saturated heterocycles. The number of benzene rings is 1. The number of rotatable bonds is 6. The largest absolute Gasteiger partial charge is 0.502 e. The zero-order valence-corrected chi connectivity index (χ0v) is 14.7. The van der Waals surface area contributed by atoms with E-state index in [1.165, 1.54) is 32.4 Å². The molecule has 0 spiro atoms. The lowest BCUT2D eigenvalue weighted by Gasteiger charge is -2.39. The van der Waals surface area contributed by atoms with Crippen molar-refractivity contribution in [2.75, 3.05) is 20.8 Å². The lowest BCUT2D eigenvalue weighted by atomic mass is 9.99. The molecule has 0 radical (unpaired) electrons. The molecule has 1 aromatic carbocycles. The second-order valence-electron chi connectivity index (χ2n) is 5.74. The topological polar surface area (TPSA) is 155 Å². The van der Waals surface area contributed by atoms with Gasteiger partial charge in [0.1, 0.15) is 18.3 Å². The van der Waals surface area contributed by atoms with E-state index in [0.717, 1.165) is 6.08 Å². The summed E-state index contributed by atoms with van der Waals surface area (Å²) in [6, 6.07) is 2.90. The van der Waals surface area contributed by atoms with Gasteiger partial charge in [-0.3, -0.25) is 0 Å². The number of methoxy groups -OCH3 is 2. The van der Waals surface area contributed by atoms with E-state index < -0.39 is 43.3 Å². The van der Waals surface area contributed by atoms with Crippen LogP contribution in [0.15, 0.2) is 18.2 Å². The molecular weight excluding hydrogens is 364 g/mol. The van der Waals surface area contributed by atoms with Crippen LogP contribution in [-0.4, -0.2) is 83.0 Å². The summed E-state index contributed by atoms with van der Waals surface area (Å²) in [7, 11) is 2.71. The van der Waals surface area contributed by atoms with Gasteiger partial charge >= 0.3 is 5.97 Å². The fourth-order valence-electron chi connectivity index (χ4n) is 2.55. The molecule has 10 nitrogen and oxygen atoms in total. The zero-order chi connectivity index (χ0) is 20.1. The Kier molecular flexibility index (Phi) is 6.99. The fraction of sp³-hybridized carbons (Fsp3) is 0.471. The van der Waals surface area contributed by atoms with Crippen LogP contribution in [0.1, 0.15) is 5.56 Å². The van der Waals surface area contributed by atoms with Crippen LogP contribution in [0.3, 0.4) is 0 Å². The molecule has 1 aliphatic heterocycles. The summed E-state index contributed by atoms with van der Waals surface area (Å²) < 4.78 is 19.8. The van der Waals surface area contributed by atoms with E-state index in [9.17, 15) is 25.2 Å². The second-order valence-corrected chi connectivity index (χ2v) is 5.74. The number of aliphatic hydroxyl groups excluding tert-OH is 4. The van der Waals surface area contributed by atoms with E-state index in [1.807, 2.05) is 0 Å². The van der Waals surface area contributed by atoms with Crippen LogP contribution in [0, 0.1) is 0 Å². The van der Waals surface area contributed by atoms with Crippen molar-refractivity contribution in [2.45, 2.75) is 30.7 Å². The minimum Gasteiger partial charge on any atom is -0.502 e. The molecule has 0 bridgehead atoms. The fourth-order valence-corrected chi connectivity index (χ4v) is 2.55. The molecule has 5 atom stereocenters. The number of hydrogen-bond donors (Lipinski definition) is 5. The number of aromatic hydroxyl groups is 1. The Labute approximate surface area is 154 Å². The van der Waals surface area contributed by atoms with Crippen molar-refractivity contribution in [3.05, 3.63) is 23.8 Å². The molecule has 10 heteroatoms. The molecule has 1 fully saturated rings. The maximum absolute atomic E-state index is 12.0. The van der Waals surface area contributed by atoms with E-state index in [2.05, 4.69) is 0 Å². The number of phenolic OH excluding ortho intramolecular Hbond substituents is 1. The van der Waals surface area contributed by atoms with Gasteiger partial charge in [0.05, 0.1) is 20.8 Å². The lowest BCUT2D eigenvalue weighted by Crippen LogP contribution is -2.59. The summed E-state index contributed by atoms with van der Waals surface area (Å²) >= 11 is 0. The van der Waals surface area contributed by atoms with Crippen LogP contribution in [0.25, 0.3) is 6.08 Å². The summed E-state index contributed by atoms with van der Waals surface area (Å²) in [6.45, 7) is -0.637. The Morgan fingerprint density at radius 1 is 1.15 bits per heavy atom. The number of phenols is 1. The average molecular weight is 386 g/mol. The Bertz CT molecular complexity index is 663. The van der Waals surface area contributed by atoms with Crippen molar-refractivity contribution in [3.8, 4) is 17.2 Å². The van der Waals surface area contributed by atoms with Crippen molar-refractivity contribution < 1.29 is 49.3 Å². The summed E-state index contributed by atoms with van der Waals surface area (Å²) in [6.07, 6.45) is -5.29. The molecule has 0 amide bonds. The monoisotopic (exact) mass is 386 g/mol. The number of ether oxygens (including phenoxy) is 4. The summed E-state index contributed by atoms with van der Waals surface area (Å²) in [5.41, 5.74) is 0.444. The highest BCUT2D eigenvalue weighted by Gasteiger charge is 2.45. The third kappa shape index (κ3) is 4.67. The molecule has 1 aliphatic rings. The van der Waals surface area contributed by atoms with Crippen molar-refractivity contribution in [1.82, 2.24) is 0 Å². The predicted molar refractivity (Wildman–Crippen MR) is 90.1 cm³/mol. The van der Waals surface area contributed by atoms with Crippen molar-refractivity contribution >= 4 is 12.0 Å². The normalized spacial score (nSPS) is 28.1. The van der Waals surface area contributed by atoms with Gasteiger partial charge in [-0.1, -0.05) is 0 Å². The maximum atomic E-state index is 12.0. The average Bonchev–Trinajstić information content (AvgIpc) is 2.67. The molecule has 1 aromatic rings. The highest BCUT2D eigenvalue weighted by atomic mass is 16.7. The first-order chi connectivity index (χ1) is 12.8. The molecule has 2 rings (SSSR count). The van der Waals surface area contributed by atoms with Crippen LogP contribution in [-0.2, 0) is 14.3 Å². The first kappa shape index (κ1) is 20.9. The molecule has 0 unspecified atom stereocenters. The zero-order valence-electron chi connectivity index (χ0n) is 14.7. The van der Waals surface area contributed by atoms with Crippen molar-refractivity contribution in [2.24, 2.45) is 0 Å². The van der Waals surface area contributed by atoms with Gasteiger partial charge < -0.3 is 44.5 Å². The second kappa shape index (κ2) is 9.02. The van der Waals surface area contributed by atoms with Gasteiger partial charge in [0.25, 0.3) is 0 Å². The standard InChI is InChI=1S/C17H22O10/c1-24-9-5-8(6-10(25-2)13(9)20)3-4-12(19)27-16-14(21)11(7-18)26-17(23)15(16)22/h3-6,11,14-18,20-23H,7H2,1-2H3/b4-3+/t11-,14-,15-,16+,17+/m1/s1. The summed E-state index contributed by atoms with van der Waals surface area (Å²) in [5, 5.41) is 48.4. The van der Waals surface area contributed by atoms with Crippen LogP contribution in [0.4, 0.5) is 0 Å². The lowest BCUT2D eigenvalue weighted by molar-refractivity contribution is -0.289. The van der Waals surface area contributed by atoms with Gasteiger partial charge in [0.15, 0.2) is 23.9 Å². The van der Waals surface area contributed by atoms with Crippen LogP contribution >= 0.6 is 0 Å². The number of hydrogen-bond acceptors (Lipinski definition) is 10. The molecule has 27 heavy (non-hydrogen) atoms. The highest BCUT2D eigenvalue weighted by Crippen LogP contribution is 2.37. The van der Waals surface area contributed by atoms with E-state index in [0.29, 0.717) is 5.56 Å². The summed E-state index contributed by atoms with van der Waals surface area (Å²) in [4.78, 5) is 12.0. The van der Waals surface area contributed by atoms with Crippen molar-refractivity contribution in [1.29, 1.82) is 0 Å². The molecule has 150 valence electrons. The predicted octanol–water partition coefficient (Wildman–Crippen LogP) is -1.23. The first-order valence-corrected chi connectivity index (χ1v) is 7.96. The van der Waals surface area contributed by atoms with Gasteiger partial charge in [0.2, 0.25) is 5.75 Å². The summed E-state index contributed by atoms with van der Waals surface area (Å²) in [5.74, 6) is -0.856. The Balaban J connectivity index is 2.12. The molecule has 0 aliphatic carbocycles. The Hall–Kier alpha value is -2.37. The number of aliphatic hydroxyl groups is 4. The van der Waals surface area contributed by atoms with Gasteiger partial charge in [-0.25, -0.2) is 4.79 Å². The van der Waals surface area contributed by atoms with E-state index in [-0.39, 0.29) is 17.2 Å².